The summed E-state index contributed by atoms with van der Waals surface area (Å²) in [5, 5.41) is 3.88. The van der Waals surface area contributed by atoms with E-state index in [1.165, 1.54) is 11.8 Å². The van der Waals surface area contributed by atoms with Crippen molar-refractivity contribution in [3.05, 3.63) is 62.5 Å². The molecule has 0 saturated carbocycles. The number of nitrogens with zero attached hydrogens (tertiary/aromatic N) is 4. The van der Waals surface area contributed by atoms with Crippen molar-refractivity contribution in [2.75, 3.05) is 0 Å². The number of pyridine rings is 1. The molecule has 1 aliphatic heterocycles. The van der Waals surface area contributed by atoms with Crippen molar-refractivity contribution in [3.8, 4) is 0 Å². The van der Waals surface area contributed by atoms with Crippen LogP contribution < -0.4 is 5.32 Å². The first-order valence-corrected chi connectivity index (χ1v) is 9.82. The van der Waals surface area contributed by atoms with E-state index in [0.29, 0.717) is 37.2 Å². The first-order valence-electron chi connectivity index (χ1n) is 8.25. The van der Waals surface area contributed by atoms with Crippen LogP contribution in [-0.2, 0) is 4.79 Å². The lowest BCUT2D eigenvalue weighted by Gasteiger charge is -2.07. The number of amides is 1. The molecule has 1 fully saturated rings. The number of carbonyl (C=O) groups excluding carboxylic acids is 1. The molecule has 1 aromatic carbocycles. The second-order valence-corrected chi connectivity index (χ2v) is 7.83. The Bertz CT molecular complexity index is 1170. The summed E-state index contributed by atoms with van der Waals surface area (Å²) in [7, 11) is 0. The molecule has 0 radical (unpaired) electrons. The number of fused-ring (bicyclic) bond motifs is 1. The van der Waals surface area contributed by atoms with Crippen molar-refractivity contribution >= 4 is 68.8 Å². The van der Waals surface area contributed by atoms with E-state index in [2.05, 4.69) is 25.3 Å². The summed E-state index contributed by atoms with van der Waals surface area (Å²) in [5.74, 6) is -0.238. The lowest BCUT2D eigenvalue weighted by atomic mass is 10.2. The van der Waals surface area contributed by atoms with Crippen LogP contribution in [0.2, 0.25) is 10.0 Å². The number of carbonyl (C=O) groups is 1. The van der Waals surface area contributed by atoms with Crippen molar-refractivity contribution in [1.29, 1.82) is 0 Å². The highest BCUT2D eigenvalue weighted by molar-refractivity contribution is 8.18. The van der Waals surface area contributed by atoms with Gasteiger partial charge in [0.2, 0.25) is 0 Å². The molecule has 1 saturated heterocycles. The van der Waals surface area contributed by atoms with E-state index in [9.17, 15) is 4.79 Å². The fourth-order valence-corrected chi connectivity index (χ4v) is 3.92. The molecule has 3 heterocycles. The van der Waals surface area contributed by atoms with Gasteiger partial charge < -0.3 is 5.32 Å². The molecule has 9 heteroatoms. The average molecular weight is 430 g/mol. The third kappa shape index (κ3) is 3.61. The van der Waals surface area contributed by atoms with Crippen LogP contribution in [0.25, 0.3) is 17.1 Å². The van der Waals surface area contributed by atoms with Crippen LogP contribution in [-0.4, -0.2) is 26.0 Å². The minimum absolute atomic E-state index is 0.238. The predicted molar refractivity (Wildman–Crippen MR) is 114 cm³/mol. The van der Waals surface area contributed by atoms with Gasteiger partial charge in [-0.1, -0.05) is 29.3 Å². The summed E-state index contributed by atoms with van der Waals surface area (Å²) in [6.45, 7) is 3.56. The third-order valence-electron chi connectivity index (χ3n) is 4.04. The van der Waals surface area contributed by atoms with Crippen LogP contribution in [0.15, 0.2) is 40.5 Å². The van der Waals surface area contributed by atoms with Gasteiger partial charge in [0.1, 0.15) is 5.69 Å². The van der Waals surface area contributed by atoms with Crippen molar-refractivity contribution < 1.29 is 4.79 Å². The highest BCUT2D eigenvalue weighted by atomic mass is 35.5. The Morgan fingerprint density at radius 2 is 1.75 bits per heavy atom. The molecule has 6 nitrogen and oxygen atoms in total. The first-order chi connectivity index (χ1) is 13.4. The summed E-state index contributed by atoms with van der Waals surface area (Å²) in [4.78, 5) is 30.1. The van der Waals surface area contributed by atoms with Gasteiger partial charge >= 0.3 is 0 Å². The lowest BCUT2D eigenvalue weighted by Crippen LogP contribution is -2.19. The second kappa shape index (κ2) is 7.50. The molecule has 1 N–H and O–H groups in total. The van der Waals surface area contributed by atoms with E-state index in [4.69, 9.17) is 23.2 Å². The SMILES string of the molecule is Cc1nc(C)c(Cl)c(N=C2NC(=O)/C(=C/c3ccc4nccnc4c3)S2)c1Cl. The summed E-state index contributed by atoms with van der Waals surface area (Å²) in [6, 6.07) is 5.63. The number of benzene rings is 1. The molecule has 2 aromatic heterocycles. The van der Waals surface area contributed by atoms with Crippen LogP contribution in [0.1, 0.15) is 17.0 Å². The molecule has 3 aromatic rings. The Hall–Kier alpha value is -2.48. The predicted octanol–water partition coefficient (Wildman–Crippen LogP) is 4.84. The number of rotatable bonds is 2. The third-order valence-corrected chi connectivity index (χ3v) is 5.86. The summed E-state index contributed by atoms with van der Waals surface area (Å²) in [5.41, 5.74) is 4.06. The summed E-state index contributed by atoms with van der Waals surface area (Å²) >= 11 is 13.8. The maximum atomic E-state index is 12.4. The topological polar surface area (TPSA) is 80.1 Å². The van der Waals surface area contributed by atoms with E-state index in [1.807, 2.05) is 18.2 Å². The van der Waals surface area contributed by atoms with Crippen LogP contribution in [0, 0.1) is 13.8 Å². The zero-order valence-electron chi connectivity index (χ0n) is 14.8. The molecule has 1 aliphatic rings. The Labute approximate surface area is 175 Å². The van der Waals surface area contributed by atoms with Gasteiger partial charge in [-0.25, -0.2) is 4.99 Å². The van der Waals surface area contributed by atoms with Crippen LogP contribution in [0.4, 0.5) is 5.69 Å². The monoisotopic (exact) mass is 429 g/mol. The van der Waals surface area contributed by atoms with Gasteiger partial charge in [-0.2, -0.15) is 0 Å². The number of halogens is 2. The van der Waals surface area contributed by atoms with Crippen molar-refractivity contribution in [2.24, 2.45) is 4.99 Å². The number of thioether (sulfide) groups is 1. The summed E-state index contributed by atoms with van der Waals surface area (Å²) < 4.78 is 0. The molecule has 28 heavy (non-hydrogen) atoms. The number of amidine groups is 1. The van der Waals surface area contributed by atoms with E-state index >= 15 is 0 Å². The summed E-state index contributed by atoms with van der Waals surface area (Å²) in [6.07, 6.45) is 5.05. The van der Waals surface area contributed by atoms with Crippen molar-refractivity contribution in [1.82, 2.24) is 20.3 Å². The number of aryl methyl sites for hydroxylation is 2. The number of hydrogen-bond acceptors (Lipinski definition) is 6. The molecular formula is C19H13Cl2N5OS. The standard InChI is InChI=1S/C19H13Cl2N5OS/c1-9-15(20)17(16(21)10(2)24-9)25-19-26-18(27)14(28-19)8-11-3-4-12-13(7-11)23-6-5-22-12/h3-8H,1-2H3,(H,24,25,26,27)/b14-8-. The minimum atomic E-state index is -0.238. The van der Waals surface area contributed by atoms with Crippen LogP contribution in [0.3, 0.4) is 0 Å². The van der Waals surface area contributed by atoms with Gasteiger partial charge in [0.25, 0.3) is 5.91 Å². The van der Waals surface area contributed by atoms with Crippen LogP contribution in [0.5, 0.6) is 0 Å². The number of aliphatic imine (C=N–C) groups is 1. The molecule has 0 unspecified atom stereocenters. The van der Waals surface area contributed by atoms with Gasteiger partial charge in [-0.15, -0.1) is 0 Å². The molecule has 1 amide bonds. The normalized spacial score (nSPS) is 16.9. The van der Waals surface area contributed by atoms with E-state index in [1.54, 1.807) is 32.3 Å². The average Bonchev–Trinajstić information content (AvgIpc) is 3.02. The lowest BCUT2D eigenvalue weighted by molar-refractivity contribution is -0.115. The smallest absolute Gasteiger partial charge is 0.264 e. The van der Waals surface area contributed by atoms with E-state index in [0.717, 1.165) is 16.6 Å². The van der Waals surface area contributed by atoms with Gasteiger partial charge in [0.05, 0.1) is 37.4 Å². The quantitative estimate of drug-likeness (QED) is 0.589. The van der Waals surface area contributed by atoms with Gasteiger partial charge in [0.15, 0.2) is 5.17 Å². The van der Waals surface area contributed by atoms with E-state index < -0.39 is 0 Å². The fraction of sp³-hybridized carbons (Fsp3) is 0.105. The molecule has 140 valence electrons. The number of hydrogen-bond donors (Lipinski definition) is 1. The maximum absolute atomic E-state index is 12.4. The molecule has 0 aliphatic carbocycles. The van der Waals surface area contributed by atoms with E-state index in [-0.39, 0.29) is 5.91 Å². The number of aromatic nitrogens is 3. The molecule has 0 atom stereocenters. The maximum Gasteiger partial charge on any atom is 0.264 e. The Kier molecular flexibility index (Phi) is 5.05. The highest BCUT2D eigenvalue weighted by Crippen LogP contribution is 2.38. The first kappa shape index (κ1) is 18.9. The van der Waals surface area contributed by atoms with Crippen LogP contribution >= 0.6 is 35.0 Å². The zero-order chi connectivity index (χ0) is 19.8. The molecule has 0 bridgehead atoms. The van der Waals surface area contributed by atoms with Crippen molar-refractivity contribution in [2.45, 2.75) is 13.8 Å². The minimum Gasteiger partial charge on any atom is -0.300 e. The van der Waals surface area contributed by atoms with Gasteiger partial charge in [-0.05, 0) is 49.4 Å². The fourth-order valence-electron chi connectivity index (χ4n) is 2.69. The Morgan fingerprint density at radius 1 is 1.07 bits per heavy atom. The second-order valence-electron chi connectivity index (χ2n) is 6.05. The zero-order valence-corrected chi connectivity index (χ0v) is 17.2. The Balaban J connectivity index is 1.67. The molecular weight excluding hydrogens is 417 g/mol. The van der Waals surface area contributed by atoms with Crippen molar-refractivity contribution in [3.63, 3.8) is 0 Å². The number of nitrogens with one attached hydrogen (secondary N) is 1. The Morgan fingerprint density at radius 3 is 2.46 bits per heavy atom. The van der Waals surface area contributed by atoms with Gasteiger partial charge in [-0.3, -0.25) is 19.7 Å². The molecule has 0 spiro atoms. The largest absolute Gasteiger partial charge is 0.300 e. The van der Waals surface area contributed by atoms with Gasteiger partial charge in [0, 0.05) is 12.4 Å². The highest BCUT2D eigenvalue weighted by Gasteiger charge is 2.25. The molecule has 4 rings (SSSR count).